The highest BCUT2D eigenvalue weighted by molar-refractivity contribution is 9.09. The number of nitrogens with zero attached hydrogens (tertiary/aromatic N) is 1. The summed E-state index contributed by atoms with van der Waals surface area (Å²) in [5.74, 6) is 0.784. The maximum Gasteiger partial charge on any atom is 0.150 e. The minimum absolute atomic E-state index is 0.0386. The second kappa shape index (κ2) is 3.56. The fourth-order valence-corrected chi connectivity index (χ4v) is 0.820. The Hall–Kier alpha value is -0.570. The first kappa shape index (κ1) is 7.54. The molecule has 54 valence electrons. The van der Waals surface area contributed by atoms with Gasteiger partial charge in [-0.15, -0.1) is 0 Å². The van der Waals surface area contributed by atoms with Crippen molar-refractivity contribution in [3.05, 3.63) is 24.5 Å². The third-order valence-electron chi connectivity index (χ3n) is 0.933. The minimum atomic E-state index is 0.0386. The van der Waals surface area contributed by atoms with Crippen LogP contribution in [0, 0.1) is 0 Å². The van der Waals surface area contributed by atoms with Gasteiger partial charge in [0.25, 0.3) is 0 Å². The topological polar surface area (TPSA) is 22.1 Å². The second-order valence-electron chi connectivity index (χ2n) is 1.85. The quantitative estimate of drug-likeness (QED) is 0.685. The molecule has 1 aromatic heterocycles. The Balaban J connectivity index is 2.59. The van der Waals surface area contributed by atoms with Gasteiger partial charge in [0, 0.05) is 6.20 Å². The maximum atomic E-state index is 5.27. The van der Waals surface area contributed by atoms with Crippen LogP contribution >= 0.6 is 15.9 Å². The van der Waals surface area contributed by atoms with E-state index in [1.807, 2.05) is 19.1 Å². The first-order valence-corrected chi connectivity index (χ1v) is 3.91. The number of alkyl halides is 1. The van der Waals surface area contributed by atoms with Gasteiger partial charge in [0.2, 0.25) is 0 Å². The molecule has 0 amide bonds. The number of rotatable bonds is 2. The van der Waals surface area contributed by atoms with E-state index in [2.05, 4.69) is 20.9 Å². The molecule has 1 heterocycles. The van der Waals surface area contributed by atoms with E-state index in [1.54, 1.807) is 12.4 Å². The zero-order valence-corrected chi connectivity index (χ0v) is 7.21. The largest absolute Gasteiger partial charge is 0.478 e. The molecule has 1 rings (SSSR count). The van der Waals surface area contributed by atoms with Crippen LogP contribution in [-0.4, -0.2) is 10.00 Å². The van der Waals surface area contributed by atoms with Gasteiger partial charge in [-0.25, -0.2) is 0 Å². The van der Waals surface area contributed by atoms with Crippen LogP contribution < -0.4 is 4.74 Å². The summed E-state index contributed by atoms with van der Waals surface area (Å²) in [6.07, 6.45) is 3.39. The van der Waals surface area contributed by atoms with Gasteiger partial charge in [-0.3, -0.25) is 4.98 Å². The lowest BCUT2D eigenvalue weighted by molar-refractivity contribution is 0.313. The molecular weight excluding hydrogens is 194 g/mol. The zero-order valence-electron chi connectivity index (χ0n) is 5.62. The van der Waals surface area contributed by atoms with Gasteiger partial charge in [0.1, 0.15) is 5.75 Å². The molecule has 0 spiro atoms. The van der Waals surface area contributed by atoms with Crippen LogP contribution in [0.5, 0.6) is 5.75 Å². The average molecular weight is 202 g/mol. The van der Waals surface area contributed by atoms with Crippen LogP contribution in [0.3, 0.4) is 0 Å². The van der Waals surface area contributed by atoms with Crippen molar-refractivity contribution in [1.29, 1.82) is 0 Å². The second-order valence-corrected chi connectivity index (χ2v) is 3.14. The Morgan fingerprint density at radius 1 is 1.70 bits per heavy atom. The SMILES string of the molecule is CC(Br)Oc1cccnc1. The number of halogens is 1. The molecule has 1 aromatic rings. The average Bonchev–Trinajstić information content (AvgIpc) is 1.88. The summed E-state index contributed by atoms with van der Waals surface area (Å²) >= 11 is 3.26. The van der Waals surface area contributed by atoms with E-state index in [-0.39, 0.29) is 5.01 Å². The fourth-order valence-electron chi connectivity index (χ4n) is 0.604. The molecule has 1 atom stereocenters. The number of ether oxygens (including phenoxy) is 1. The van der Waals surface area contributed by atoms with Crippen molar-refractivity contribution in [3.8, 4) is 5.75 Å². The highest BCUT2D eigenvalue weighted by Crippen LogP contribution is 2.11. The van der Waals surface area contributed by atoms with E-state index in [0.29, 0.717) is 0 Å². The van der Waals surface area contributed by atoms with Gasteiger partial charge in [-0.05, 0) is 35.0 Å². The fraction of sp³-hybridized carbons (Fsp3) is 0.286. The molecule has 0 aliphatic rings. The monoisotopic (exact) mass is 201 g/mol. The van der Waals surface area contributed by atoms with E-state index in [4.69, 9.17) is 4.74 Å². The van der Waals surface area contributed by atoms with E-state index in [1.165, 1.54) is 0 Å². The van der Waals surface area contributed by atoms with Crippen LogP contribution in [0.4, 0.5) is 0 Å². The lowest BCUT2D eigenvalue weighted by atomic mass is 10.5. The molecule has 0 fully saturated rings. The lowest BCUT2D eigenvalue weighted by Gasteiger charge is -2.05. The van der Waals surface area contributed by atoms with Crippen LogP contribution in [0.1, 0.15) is 6.92 Å². The summed E-state index contributed by atoms with van der Waals surface area (Å²) in [4.78, 5) is 3.89. The Morgan fingerprint density at radius 3 is 3.00 bits per heavy atom. The Labute approximate surface area is 68.4 Å². The first-order valence-electron chi connectivity index (χ1n) is 3.00. The summed E-state index contributed by atoms with van der Waals surface area (Å²) in [5, 5.41) is 0.0386. The van der Waals surface area contributed by atoms with Gasteiger partial charge in [0.15, 0.2) is 5.01 Å². The molecule has 0 radical (unpaired) electrons. The van der Waals surface area contributed by atoms with Crippen molar-refractivity contribution >= 4 is 15.9 Å². The van der Waals surface area contributed by atoms with Crippen molar-refractivity contribution in [3.63, 3.8) is 0 Å². The van der Waals surface area contributed by atoms with Crippen LogP contribution in [0.15, 0.2) is 24.5 Å². The maximum absolute atomic E-state index is 5.27. The third kappa shape index (κ3) is 2.35. The van der Waals surface area contributed by atoms with E-state index in [0.717, 1.165) is 5.75 Å². The van der Waals surface area contributed by atoms with Crippen molar-refractivity contribution < 1.29 is 4.74 Å². The molecule has 0 bridgehead atoms. The van der Waals surface area contributed by atoms with E-state index < -0.39 is 0 Å². The standard InChI is InChI=1S/C7H8BrNO/c1-6(8)10-7-3-2-4-9-5-7/h2-6H,1H3. The summed E-state index contributed by atoms with van der Waals surface area (Å²) in [5.41, 5.74) is 0. The summed E-state index contributed by atoms with van der Waals surface area (Å²) < 4.78 is 5.27. The number of hydrogen-bond donors (Lipinski definition) is 0. The molecule has 0 N–H and O–H groups in total. The van der Waals surface area contributed by atoms with Crippen molar-refractivity contribution in [1.82, 2.24) is 4.98 Å². The summed E-state index contributed by atoms with van der Waals surface area (Å²) in [6, 6.07) is 3.70. The Kier molecular flexibility index (Phi) is 2.68. The number of hydrogen-bond acceptors (Lipinski definition) is 2. The van der Waals surface area contributed by atoms with E-state index >= 15 is 0 Å². The highest BCUT2D eigenvalue weighted by atomic mass is 79.9. The molecule has 0 saturated carbocycles. The van der Waals surface area contributed by atoms with Crippen molar-refractivity contribution in [2.45, 2.75) is 11.9 Å². The van der Waals surface area contributed by atoms with Gasteiger partial charge in [0.05, 0.1) is 6.20 Å². The lowest BCUT2D eigenvalue weighted by Crippen LogP contribution is -2.01. The van der Waals surface area contributed by atoms with Gasteiger partial charge in [-0.1, -0.05) is 0 Å². The Bertz CT molecular complexity index is 188. The highest BCUT2D eigenvalue weighted by Gasteiger charge is 1.95. The predicted octanol–water partition coefficient (Wildman–Crippen LogP) is 2.20. The minimum Gasteiger partial charge on any atom is -0.478 e. The Morgan fingerprint density at radius 2 is 2.50 bits per heavy atom. The molecule has 0 aliphatic carbocycles. The van der Waals surface area contributed by atoms with E-state index in [9.17, 15) is 0 Å². The zero-order chi connectivity index (χ0) is 7.40. The van der Waals surface area contributed by atoms with Gasteiger partial charge in [-0.2, -0.15) is 0 Å². The van der Waals surface area contributed by atoms with Crippen LogP contribution in [0.25, 0.3) is 0 Å². The van der Waals surface area contributed by atoms with Gasteiger partial charge >= 0.3 is 0 Å². The number of aromatic nitrogens is 1. The normalized spacial score (nSPS) is 12.6. The molecule has 0 saturated heterocycles. The van der Waals surface area contributed by atoms with Crippen LogP contribution in [0.2, 0.25) is 0 Å². The molecular formula is C7H8BrNO. The third-order valence-corrected chi connectivity index (χ3v) is 1.12. The predicted molar refractivity (Wildman–Crippen MR) is 43.3 cm³/mol. The molecule has 2 nitrogen and oxygen atoms in total. The first-order chi connectivity index (χ1) is 4.79. The summed E-state index contributed by atoms with van der Waals surface area (Å²) in [7, 11) is 0. The molecule has 0 aliphatic heterocycles. The molecule has 3 heteroatoms. The van der Waals surface area contributed by atoms with Crippen molar-refractivity contribution in [2.24, 2.45) is 0 Å². The molecule has 10 heavy (non-hydrogen) atoms. The smallest absolute Gasteiger partial charge is 0.150 e. The van der Waals surface area contributed by atoms with Crippen LogP contribution in [-0.2, 0) is 0 Å². The molecule has 0 aromatic carbocycles. The number of pyridine rings is 1. The van der Waals surface area contributed by atoms with Crippen molar-refractivity contribution in [2.75, 3.05) is 0 Å². The molecule has 1 unspecified atom stereocenters. The summed E-state index contributed by atoms with van der Waals surface area (Å²) in [6.45, 7) is 1.91. The van der Waals surface area contributed by atoms with Gasteiger partial charge < -0.3 is 4.74 Å².